The van der Waals surface area contributed by atoms with E-state index in [-0.39, 0.29) is 31.5 Å². The summed E-state index contributed by atoms with van der Waals surface area (Å²) in [7, 11) is 0. The molecule has 0 bridgehead atoms. The molecular formula is C21H25F3O4S. The number of thioether (sulfide) groups is 1. The maximum Gasteiger partial charge on any atom is 0.223 e. The molecule has 2 N–H and O–H groups in total. The summed E-state index contributed by atoms with van der Waals surface area (Å²) >= 11 is 0.347. The Morgan fingerprint density at radius 1 is 1.38 bits per heavy atom. The van der Waals surface area contributed by atoms with Gasteiger partial charge in [-0.2, -0.15) is 0 Å². The van der Waals surface area contributed by atoms with Crippen molar-refractivity contribution in [2.24, 2.45) is 22.7 Å². The molecule has 0 saturated heterocycles. The van der Waals surface area contributed by atoms with E-state index in [1.807, 2.05) is 0 Å². The first-order valence-electron chi connectivity index (χ1n) is 9.86. The van der Waals surface area contributed by atoms with Crippen molar-refractivity contribution in [2.75, 3.05) is 6.01 Å². The third kappa shape index (κ3) is 2.42. The second-order valence-electron chi connectivity index (χ2n) is 9.31. The van der Waals surface area contributed by atoms with Crippen LogP contribution in [0.4, 0.5) is 13.2 Å². The molecule has 0 aromatic rings. The minimum Gasteiger partial charge on any atom is -0.390 e. The molecule has 3 saturated carbocycles. The molecular weight excluding hydrogens is 405 g/mol. The predicted molar refractivity (Wildman–Crippen MR) is 102 cm³/mol. The van der Waals surface area contributed by atoms with Crippen LogP contribution >= 0.6 is 11.8 Å². The number of aliphatic hydroxyl groups excluding tert-OH is 1. The Hall–Kier alpha value is -1.12. The molecule has 0 spiro atoms. The summed E-state index contributed by atoms with van der Waals surface area (Å²) in [4.78, 5) is 24.3. The summed E-state index contributed by atoms with van der Waals surface area (Å²) in [6, 6.07) is -1.00. The van der Waals surface area contributed by atoms with Gasteiger partial charge in [-0.1, -0.05) is 30.3 Å². The van der Waals surface area contributed by atoms with Gasteiger partial charge in [0.1, 0.15) is 17.8 Å². The number of hydrogen-bond donors (Lipinski definition) is 2. The quantitative estimate of drug-likeness (QED) is 0.704. The van der Waals surface area contributed by atoms with Crippen molar-refractivity contribution in [3.05, 3.63) is 23.8 Å². The van der Waals surface area contributed by atoms with Crippen LogP contribution in [0.2, 0.25) is 0 Å². The van der Waals surface area contributed by atoms with E-state index in [4.69, 9.17) is 0 Å². The summed E-state index contributed by atoms with van der Waals surface area (Å²) in [6.45, 7) is 3.14. The van der Waals surface area contributed by atoms with Crippen LogP contribution < -0.4 is 0 Å². The van der Waals surface area contributed by atoms with E-state index in [2.05, 4.69) is 0 Å². The fraction of sp³-hybridized carbons (Fsp3) is 0.714. The van der Waals surface area contributed by atoms with E-state index in [1.165, 1.54) is 18.2 Å². The highest BCUT2D eigenvalue weighted by Gasteiger charge is 2.76. The van der Waals surface area contributed by atoms with Gasteiger partial charge in [-0.3, -0.25) is 9.59 Å². The third-order valence-corrected chi connectivity index (χ3v) is 9.00. The van der Waals surface area contributed by atoms with Crippen molar-refractivity contribution in [2.45, 2.75) is 63.1 Å². The maximum atomic E-state index is 16.8. The Balaban J connectivity index is 1.82. The number of ketones is 1. The van der Waals surface area contributed by atoms with Crippen LogP contribution in [0.3, 0.4) is 0 Å². The normalized spacial score (nSPS) is 51.1. The van der Waals surface area contributed by atoms with Gasteiger partial charge in [0.15, 0.2) is 11.5 Å². The zero-order valence-corrected chi connectivity index (χ0v) is 17.1. The average molecular weight is 430 g/mol. The monoisotopic (exact) mass is 430 g/mol. The first-order valence-corrected chi connectivity index (χ1v) is 10.8. The number of carbonyl (C=O) groups excluding carboxylic acids is 2. The van der Waals surface area contributed by atoms with Crippen LogP contribution in [0.5, 0.6) is 0 Å². The van der Waals surface area contributed by atoms with Crippen molar-refractivity contribution >= 4 is 22.7 Å². The van der Waals surface area contributed by atoms with Gasteiger partial charge in [-0.05, 0) is 44.3 Å². The van der Waals surface area contributed by atoms with E-state index in [0.717, 1.165) is 0 Å². The number of rotatable bonds is 2. The van der Waals surface area contributed by atoms with Crippen LogP contribution in [-0.2, 0) is 9.59 Å². The summed E-state index contributed by atoms with van der Waals surface area (Å²) in [6.07, 6.45) is 0.346. The lowest BCUT2D eigenvalue weighted by Crippen LogP contribution is -2.71. The van der Waals surface area contributed by atoms with Crippen molar-refractivity contribution in [1.29, 1.82) is 0 Å². The Bertz CT molecular complexity index is 831. The zero-order chi connectivity index (χ0) is 21.4. The van der Waals surface area contributed by atoms with Gasteiger partial charge in [-0.25, -0.2) is 13.2 Å². The summed E-state index contributed by atoms with van der Waals surface area (Å²) in [5.41, 5.74) is -6.66. The van der Waals surface area contributed by atoms with Crippen molar-refractivity contribution in [1.82, 2.24) is 0 Å². The average Bonchev–Trinajstić information content (AvgIpc) is 2.90. The molecule has 160 valence electrons. The summed E-state index contributed by atoms with van der Waals surface area (Å²) < 4.78 is 45.0. The molecule has 4 rings (SSSR count). The topological polar surface area (TPSA) is 74.6 Å². The molecule has 29 heavy (non-hydrogen) atoms. The van der Waals surface area contributed by atoms with Crippen LogP contribution in [0.15, 0.2) is 23.8 Å². The molecule has 8 heteroatoms. The van der Waals surface area contributed by atoms with E-state index in [9.17, 15) is 24.2 Å². The number of fused-ring (bicyclic) bond motifs is 5. The van der Waals surface area contributed by atoms with Gasteiger partial charge in [0.05, 0.1) is 6.10 Å². The standard InChI is InChI=1S/C21H25F3O4S/c1-18-5-3-12(25)7-11(18)8-14(23)16-13-4-6-20(28,17(27)29-10-22)19(13,2)9-15(26)21(16,18)24/h3,5,7,13-16,26,28H,4,6,8-10H2,1-2H3/t13-,14-,15-,16+,18-,19-,20+,21+/m0/s1. The maximum absolute atomic E-state index is 16.8. The molecule has 0 amide bonds. The van der Waals surface area contributed by atoms with Gasteiger partial charge >= 0.3 is 0 Å². The third-order valence-electron chi connectivity index (χ3n) is 8.29. The first kappa shape index (κ1) is 21.1. The second-order valence-corrected chi connectivity index (χ2v) is 10.2. The summed E-state index contributed by atoms with van der Waals surface area (Å²) in [5.74, 6) is -2.30. The summed E-state index contributed by atoms with van der Waals surface area (Å²) in [5, 5.41) is 21.4. The molecule has 0 radical (unpaired) electrons. The SMILES string of the molecule is C[C@]12C=CC(=O)C=C1C[C@H](F)[C@H]1[C@@H]3CC[C@@](O)(C(=O)SCF)[C@@]3(C)C[C@H](O)[C@@]12F. The Labute approximate surface area is 171 Å². The Morgan fingerprint density at radius 2 is 2.07 bits per heavy atom. The van der Waals surface area contributed by atoms with Gasteiger partial charge in [0.25, 0.3) is 0 Å². The number of allylic oxidation sites excluding steroid dienone is 4. The number of aliphatic hydroxyl groups is 2. The highest BCUT2D eigenvalue weighted by Crippen LogP contribution is 2.70. The fourth-order valence-electron chi connectivity index (χ4n) is 6.66. The molecule has 4 aliphatic rings. The largest absolute Gasteiger partial charge is 0.390 e. The number of alkyl halides is 3. The molecule has 4 nitrogen and oxygen atoms in total. The van der Waals surface area contributed by atoms with Crippen LogP contribution in [0, 0.1) is 22.7 Å². The van der Waals surface area contributed by atoms with Crippen LogP contribution in [-0.4, -0.2) is 50.7 Å². The van der Waals surface area contributed by atoms with Gasteiger partial charge < -0.3 is 10.2 Å². The Morgan fingerprint density at radius 3 is 2.72 bits per heavy atom. The van der Waals surface area contributed by atoms with Crippen molar-refractivity contribution in [3.8, 4) is 0 Å². The van der Waals surface area contributed by atoms with Crippen molar-refractivity contribution < 1.29 is 33.0 Å². The molecule has 0 aromatic heterocycles. The molecule has 0 unspecified atom stereocenters. The van der Waals surface area contributed by atoms with Gasteiger partial charge in [-0.15, -0.1) is 0 Å². The predicted octanol–water partition coefficient (Wildman–Crippen LogP) is 3.22. The fourth-order valence-corrected chi connectivity index (χ4v) is 7.33. The molecule has 4 aliphatic carbocycles. The van der Waals surface area contributed by atoms with Gasteiger partial charge in [0, 0.05) is 23.2 Å². The smallest absolute Gasteiger partial charge is 0.223 e. The first-order chi connectivity index (χ1) is 13.5. The molecule has 0 aromatic carbocycles. The molecule has 8 atom stereocenters. The lowest BCUT2D eigenvalue weighted by Gasteiger charge is -2.63. The number of hydrogen-bond acceptors (Lipinski definition) is 5. The van der Waals surface area contributed by atoms with E-state index >= 15 is 8.78 Å². The number of carbonyl (C=O) groups is 2. The van der Waals surface area contributed by atoms with Crippen LogP contribution in [0.25, 0.3) is 0 Å². The minimum absolute atomic E-state index is 0.0280. The van der Waals surface area contributed by atoms with E-state index in [0.29, 0.717) is 17.3 Å². The Kier molecular flexibility index (Phi) is 4.69. The number of halogens is 3. The second kappa shape index (κ2) is 6.44. The van der Waals surface area contributed by atoms with Crippen molar-refractivity contribution in [3.63, 3.8) is 0 Å². The van der Waals surface area contributed by atoms with Gasteiger partial charge in [0.2, 0.25) is 5.12 Å². The highest BCUT2D eigenvalue weighted by atomic mass is 32.2. The van der Waals surface area contributed by atoms with E-state index in [1.54, 1.807) is 13.8 Å². The minimum atomic E-state index is -2.39. The molecule has 3 fully saturated rings. The lowest BCUT2D eigenvalue weighted by molar-refractivity contribution is -0.228. The zero-order valence-electron chi connectivity index (χ0n) is 16.3. The molecule has 0 heterocycles. The van der Waals surface area contributed by atoms with Crippen LogP contribution in [0.1, 0.15) is 39.5 Å². The lowest BCUT2D eigenvalue weighted by atomic mass is 9.44. The highest BCUT2D eigenvalue weighted by molar-refractivity contribution is 8.13. The molecule has 0 aliphatic heterocycles. The van der Waals surface area contributed by atoms with E-state index < -0.39 is 57.3 Å².